The summed E-state index contributed by atoms with van der Waals surface area (Å²) in [6.07, 6.45) is 0. The van der Waals surface area contributed by atoms with Crippen LogP contribution in [0.1, 0.15) is 10.4 Å². The molecular weight excluding hydrogens is 241 g/mol. The fourth-order valence-corrected chi connectivity index (χ4v) is 1.82. The van der Waals surface area contributed by atoms with Gasteiger partial charge in [0.25, 0.3) is 5.91 Å². The monoisotopic (exact) mass is 253 g/mol. The van der Waals surface area contributed by atoms with Crippen LogP contribution in [0.2, 0.25) is 0 Å². The summed E-state index contributed by atoms with van der Waals surface area (Å²) in [5.41, 5.74) is 0.158. The second-order valence-electron chi connectivity index (χ2n) is 4.07. The van der Waals surface area contributed by atoms with Crippen LogP contribution in [-0.4, -0.2) is 36.2 Å². The molecule has 0 radical (unpaired) electrons. The topological polar surface area (TPSA) is 75.6 Å². The number of nitrogens with one attached hydrogen (secondary N) is 1. The molecule has 1 aliphatic heterocycles. The van der Waals surface area contributed by atoms with Crippen molar-refractivity contribution in [3.63, 3.8) is 0 Å². The van der Waals surface area contributed by atoms with Crippen LogP contribution in [0.4, 0.5) is 4.39 Å². The smallest absolute Gasteiger partial charge is 0.311 e. The summed E-state index contributed by atoms with van der Waals surface area (Å²) in [5.74, 6) is -2.80. The van der Waals surface area contributed by atoms with Crippen LogP contribution in [-0.2, 0) is 9.53 Å². The van der Waals surface area contributed by atoms with Crippen LogP contribution in [0.3, 0.4) is 0 Å². The predicted octanol–water partition coefficient (Wildman–Crippen LogP) is 0.655. The van der Waals surface area contributed by atoms with E-state index >= 15 is 0 Å². The Morgan fingerprint density at radius 3 is 2.83 bits per heavy atom. The number of halogens is 1. The Morgan fingerprint density at radius 1 is 1.39 bits per heavy atom. The van der Waals surface area contributed by atoms with Crippen molar-refractivity contribution in [1.29, 1.82) is 0 Å². The number of ether oxygens (including phenoxy) is 1. The molecule has 2 N–H and O–H groups in total. The quantitative estimate of drug-likeness (QED) is 0.829. The molecule has 0 spiro atoms. The zero-order valence-corrected chi connectivity index (χ0v) is 9.43. The fourth-order valence-electron chi connectivity index (χ4n) is 1.82. The van der Waals surface area contributed by atoms with Gasteiger partial charge in [-0.15, -0.1) is 0 Å². The Balaban J connectivity index is 2.05. The molecule has 2 atom stereocenters. The van der Waals surface area contributed by atoms with Gasteiger partial charge in [-0.25, -0.2) is 4.39 Å². The van der Waals surface area contributed by atoms with Crippen LogP contribution in [0.15, 0.2) is 24.3 Å². The SMILES string of the molecule is O=C(NC1COCC1C(=O)O)c1cccc(F)c1. The zero-order chi connectivity index (χ0) is 13.1. The Morgan fingerprint density at radius 2 is 2.17 bits per heavy atom. The first-order valence-electron chi connectivity index (χ1n) is 5.45. The highest BCUT2D eigenvalue weighted by Crippen LogP contribution is 2.14. The van der Waals surface area contributed by atoms with Gasteiger partial charge in [-0.1, -0.05) is 6.07 Å². The average molecular weight is 253 g/mol. The van der Waals surface area contributed by atoms with E-state index < -0.39 is 29.7 Å². The lowest BCUT2D eigenvalue weighted by Crippen LogP contribution is -2.42. The molecule has 1 amide bonds. The van der Waals surface area contributed by atoms with Crippen LogP contribution >= 0.6 is 0 Å². The van der Waals surface area contributed by atoms with Gasteiger partial charge >= 0.3 is 5.97 Å². The van der Waals surface area contributed by atoms with Crippen molar-refractivity contribution in [2.75, 3.05) is 13.2 Å². The van der Waals surface area contributed by atoms with Gasteiger partial charge in [-0.2, -0.15) is 0 Å². The lowest BCUT2D eigenvalue weighted by atomic mass is 10.0. The van der Waals surface area contributed by atoms with E-state index in [0.717, 1.165) is 6.07 Å². The number of hydrogen-bond donors (Lipinski definition) is 2. The van der Waals surface area contributed by atoms with E-state index in [1.807, 2.05) is 0 Å². The van der Waals surface area contributed by atoms with Gasteiger partial charge in [0.2, 0.25) is 0 Å². The molecule has 1 aromatic carbocycles. The molecular formula is C12H12FNO4. The maximum atomic E-state index is 12.9. The summed E-state index contributed by atoms with van der Waals surface area (Å²) in [6.45, 7) is 0.224. The number of aliphatic carboxylic acids is 1. The third-order valence-corrected chi connectivity index (χ3v) is 2.80. The van der Waals surface area contributed by atoms with E-state index in [4.69, 9.17) is 9.84 Å². The first-order chi connectivity index (χ1) is 8.58. The molecule has 0 aromatic heterocycles. The first kappa shape index (κ1) is 12.5. The molecule has 96 valence electrons. The summed E-state index contributed by atoms with van der Waals surface area (Å²) < 4.78 is 18.0. The van der Waals surface area contributed by atoms with Crippen molar-refractivity contribution < 1.29 is 23.8 Å². The lowest BCUT2D eigenvalue weighted by molar-refractivity contribution is -0.142. The Kier molecular flexibility index (Phi) is 3.57. The van der Waals surface area contributed by atoms with Crippen molar-refractivity contribution in [3.8, 4) is 0 Å². The highest BCUT2D eigenvalue weighted by molar-refractivity contribution is 5.94. The first-order valence-corrected chi connectivity index (χ1v) is 5.45. The van der Waals surface area contributed by atoms with E-state index in [-0.39, 0.29) is 18.8 Å². The molecule has 0 bridgehead atoms. The van der Waals surface area contributed by atoms with E-state index in [1.54, 1.807) is 0 Å². The van der Waals surface area contributed by atoms with Gasteiger partial charge in [-0.3, -0.25) is 9.59 Å². The average Bonchev–Trinajstić information content (AvgIpc) is 2.77. The third-order valence-electron chi connectivity index (χ3n) is 2.80. The van der Waals surface area contributed by atoms with Crippen molar-refractivity contribution in [2.45, 2.75) is 6.04 Å². The molecule has 1 aliphatic rings. The second kappa shape index (κ2) is 5.14. The zero-order valence-electron chi connectivity index (χ0n) is 9.43. The molecule has 2 unspecified atom stereocenters. The second-order valence-corrected chi connectivity index (χ2v) is 4.07. The Labute approximate surface area is 103 Å². The molecule has 0 saturated carbocycles. The normalized spacial score (nSPS) is 22.7. The molecule has 5 nitrogen and oxygen atoms in total. The lowest BCUT2D eigenvalue weighted by Gasteiger charge is -2.15. The molecule has 6 heteroatoms. The van der Waals surface area contributed by atoms with Gasteiger partial charge in [0.05, 0.1) is 19.3 Å². The number of amides is 1. The van der Waals surface area contributed by atoms with E-state index in [0.29, 0.717) is 0 Å². The summed E-state index contributed by atoms with van der Waals surface area (Å²) >= 11 is 0. The number of carboxylic acid groups (broad SMARTS) is 1. The summed E-state index contributed by atoms with van der Waals surface area (Å²) in [4.78, 5) is 22.7. The third kappa shape index (κ3) is 2.65. The number of rotatable bonds is 3. The standard InChI is InChI=1S/C12H12FNO4/c13-8-3-1-2-7(4-8)11(15)14-10-6-18-5-9(10)12(16)17/h1-4,9-10H,5-6H2,(H,14,15)(H,16,17). The summed E-state index contributed by atoms with van der Waals surface area (Å²) in [7, 11) is 0. The van der Waals surface area contributed by atoms with Gasteiger partial charge in [0.1, 0.15) is 11.7 Å². The van der Waals surface area contributed by atoms with Crippen LogP contribution < -0.4 is 5.32 Å². The van der Waals surface area contributed by atoms with Crippen LogP contribution in [0, 0.1) is 11.7 Å². The van der Waals surface area contributed by atoms with Crippen LogP contribution in [0.5, 0.6) is 0 Å². The minimum Gasteiger partial charge on any atom is -0.481 e. The molecule has 1 aromatic rings. The Hall–Kier alpha value is -1.95. The number of carbonyl (C=O) groups excluding carboxylic acids is 1. The minimum atomic E-state index is -1.02. The minimum absolute atomic E-state index is 0.0728. The van der Waals surface area contributed by atoms with Crippen molar-refractivity contribution in [1.82, 2.24) is 5.32 Å². The molecule has 2 rings (SSSR count). The van der Waals surface area contributed by atoms with Crippen molar-refractivity contribution >= 4 is 11.9 Å². The number of benzene rings is 1. The predicted molar refractivity (Wildman–Crippen MR) is 59.6 cm³/mol. The maximum absolute atomic E-state index is 12.9. The molecule has 1 heterocycles. The van der Waals surface area contributed by atoms with Gasteiger partial charge < -0.3 is 15.2 Å². The Bertz CT molecular complexity index is 477. The van der Waals surface area contributed by atoms with Crippen LogP contribution in [0.25, 0.3) is 0 Å². The molecule has 18 heavy (non-hydrogen) atoms. The molecule has 0 aliphatic carbocycles. The van der Waals surface area contributed by atoms with E-state index in [2.05, 4.69) is 5.32 Å². The van der Waals surface area contributed by atoms with E-state index in [9.17, 15) is 14.0 Å². The highest BCUT2D eigenvalue weighted by Gasteiger charge is 2.35. The van der Waals surface area contributed by atoms with Gasteiger partial charge in [-0.05, 0) is 18.2 Å². The van der Waals surface area contributed by atoms with Crippen molar-refractivity contribution in [3.05, 3.63) is 35.6 Å². The fraction of sp³-hybridized carbons (Fsp3) is 0.333. The number of carboxylic acids is 1. The van der Waals surface area contributed by atoms with Crippen molar-refractivity contribution in [2.24, 2.45) is 5.92 Å². The summed E-state index contributed by atoms with van der Waals surface area (Å²) in [5, 5.41) is 11.5. The van der Waals surface area contributed by atoms with Gasteiger partial charge in [0, 0.05) is 5.56 Å². The summed E-state index contributed by atoms with van der Waals surface area (Å²) in [6, 6.07) is 4.63. The molecule has 1 fully saturated rings. The van der Waals surface area contributed by atoms with E-state index in [1.165, 1.54) is 18.2 Å². The highest BCUT2D eigenvalue weighted by atomic mass is 19.1. The largest absolute Gasteiger partial charge is 0.481 e. The van der Waals surface area contributed by atoms with Gasteiger partial charge in [0.15, 0.2) is 0 Å². The number of hydrogen-bond acceptors (Lipinski definition) is 3. The maximum Gasteiger partial charge on any atom is 0.311 e. The molecule has 1 saturated heterocycles. The number of carbonyl (C=O) groups is 2.